The summed E-state index contributed by atoms with van der Waals surface area (Å²) < 4.78 is 5.07. The minimum absolute atomic E-state index is 0.241. The minimum atomic E-state index is -0.241. The first-order valence-electron chi connectivity index (χ1n) is 21.7. The Bertz CT molecular complexity index is 2770. The number of fused-ring (bicyclic) bond motifs is 3. The largest absolute Gasteiger partial charge is 0.122 e. The lowest BCUT2D eigenvalue weighted by molar-refractivity contribution is 0.665. The molecule has 0 nitrogen and oxygen atoms in total. The summed E-state index contributed by atoms with van der Waals surface area (Å²) in [7, 11) is 0. The molecule has 296 valence electrons. The lowest BCUT2D eigenvalue weighted by atomic mass is 9.76. The summed E-state index contributed by atoms with van der Waals surface area (Å²) in [6.07, 6.45) is 6.73. The van der Waals surface area contributed by atoms with Crippen LogP contribution in [0.4, 0.5) is 0 Å². The summed E-state index contributed by atoms with van der Waals surface area (Å²) in [5, 5.41) is 7.76. The molecule has 1 heteroatoms. The average molecular weight is 881 g/mol. The van der Waals surface area contributed by atoms with E-state index in [1.807, 2.05) is 0 Å². The third-order valence-electron chi connectivity index (χ3n) is 12.4. The van der Waals surface area contributed by atoms with Crippen molar-refractivity contribution in [2.75, 3.05) is 0 Å². The van der Waals surface area contributed by atoms with Crippen LogP contribution >= 0.6 is 20.7 Å². The first-order chi connectivity index (χ1) is 28.9. The predicted octanol–water partition coefficient (Wildman–Crippen LogP) is 18.1. The van der Waals surface area contributed by atoms with Crippen LogP contribution in [-0.4, -0.2) is 4.51 Å². The molecule has 0 aliphatic rings. The van der Waals surface area contributed by atoms with Crippen LogP contribution < -0.4 is 0 Å². The average Bonchev–Trinajstić information content (AvgIpc) is 3.27. The van der Waals surface area contributed by atoms with Crippen molar-refractivity contribution in [2.45, 2.75) is 83.0 Å². The van der Waals surface area contributed by atoms with E-state index in [0.29, 0.717) is 9.84 Å². The quantitative estimate of drug-likeness (QED) is 0.0580. The molecule has 0 saturated heterocycles. The van der Waals surface area contributed by atoms with Gasteiger partial charge in [0.15, 0.2) is 0 Å². The highest BCUT2D eigenvalue weighted by molar-refractivity contribution is 14.2. The summed E-state index contributed by atoms with van der Waals surface area (Å²) in [6.45, 7) is 16.0. The Morgan fingerprint density at radius 2 is 0.983 bits per heavy atom. The third kappa shape index (κ3) is 7.87. The summed E-state index contributed by atoms with van der Waals surface area (Å²) in [5.74, 6) is 0.512. The summed E-state index contributed by atoms with van der Waals surface area (Å²) in [4.78, 5) is 0. The number of aryl methyl sites for hydroxylation is 1. The van der Waals surface area contributed by atoms with Crippen LogP contribution in [0.3, 0.4) is 0 Å². The molecule has 0 N–H and O–H groups in total. The minimum Gasteiger partial charge on any atom is -0.122 e. The van der Waals surface area contributed by atoms with E-state index in [4.69, 9.17) is 0 Å². The van der Waals surface area contributed by atoms with E-state index in [0.717, 1.165) is 19.3 Å². The lowest BCUT2D eigenvalue weighted by Gasteiger charge is -2.26. The zero-order chi connectivity index (χ0) is 41.0. The number of allylic oxidation sites excluding steroid dienone is 1. The van der Waals surface area contributed by atoms with Gasteiger partial charge in [-0.2, -0.15) is 0 Å². The van der Waals surface area contributed by atoms with Gasteiger partial charge < -0.3 is 0 Å². The highest BCUT2D eigenvalue weighted by atomic mass is 127. The van der Waals surface area contributed by atoms with Crippen molar-refractivity contribution in [3.05, 3.63) is 174 Å². The molecule has 0 fully saturated rings. The van der Waals surface area contributed by atoms with Crippen molar-refractivity contribution < 1.29 is 0 Å². The smallest absolute Gasteiger partial charge is 0.0307 e. The lowest BCUT2D eigenvalue weighted by Crippen LogP contribution is -2.00. The van der Waals surface area contributed by atoms with Crippen LogP contribution in [0.25, 0.3) is 82.4 Å². The number of hydrogen-bond donors (Lipinski definition) is 0. The van der Waals surface area contributed by atoms with Gasteiger partial charge in [0.25, 0.3) is 0 Å². The van der Waals surface area contributed by atoms with Crippen LogP contribution in [-0.2, 0) is 0 Å². The summed E-state index contributed by atoms with van der Waals surface area (Å²) >= 11 is -0.241. The Balaban J connectivity index is 1.69. The Morgan fingerprint density at radius 3 is 1.51 bits per heavy atom. The molecule has 2 atom stereocenters. The number of alkyl halides is 1. The topological polar surface area (TPSA) is 0 Å². The van der Waals surface area contributed by atoms with Gasteiger partial charge in [-0.1, -0.05) is 197 Å². The van der Waals surface area contributed by atoms with Gasteiger partial charge in [0.05, 0.1) is 0 Å². The molecule has 0 spiro atoms. The normalized spacial score (nSPS) is 12.6. The molecule has 59 heavy (non-hydrogen) atoms. The van der Waals surface area contributed by atoms with Gasteiger partial charge >= 0.3 is 0 Å². The van der Waals surface area contributed by atoms with Crippen LogP contribution in [0.5, 0.6) is 0 Å². The van der Waals surface area contributed by atoms with Crippen LogP contribution in [0.2, 0.25) is 0 Å². The zero-order valence-corrected chi connectivity index (χ0v) is 37.7. The van der Waals surface area contributed by atoms with Gasteiger partial charge in [-0.3, -0.25) is 0 Å². The Morgan fingerprint density at radius 1 is 0.508 bits per heavy atom. The fourth-order valence-electron chi connectivity index (χ4n) is 9.40. The molecule has 0 saturated carbocycles. The molecule has 0 amide bonds. The van der Waals surface area contributed by atoms with Crippen molar-refractivity contribution in [1.82, 2.24) is 0 Å². The fraction of sp³-hybridized carbons (Fsp3) is 0.224. The number of benzene rings is 8. The number of halogens is 1. The maximum Gasteiger partial charge on any atom is 0.0307 e. The number of hydrogen-bond acceptors (Lipinski definition) is 0. The summed E-state index contributed by atoms with van der Waals surface area (Å²) in [5.41, 5.74) is 16.6. The van der Waals surface area contributed by atoms with Crippen LogP contribution in [0.1, 0.15) is 98.3 Å². The Labute approximate surface area is 362 Å². The van der Waals surface area contributed by atoms with E-state index in [-0.39, 0.29) is 20.7 Å². The Hall–Kier alpha value is -5.12. The highest BCUT2D eigenvalue weighted by Crippen LogP contribution is 2.54. The molecule has 8 rings (SSSR count). The maximum absolute atomic E-state index is 4.62. The van der Waals surface area contributed by atoms with Gasteiger partial charge in [-0.05, 0) is 143 Å². The van der Waals surface area contributed by atoms with E-state index in [2.05, 4.69) is 191 Å². The maximum atomic E-state index is 4.62. The third-order valence-corrected chi connectivity index (χ3v) is 14.8. The van der Waals surface area contributed by atoms with Gasteiger partial charge in [-0.15, -0.1) is 20.7 Å². The van der Waals surface area contributed by atoms with Crippen molar-refractivity contribution in [2.24, 2.45) is 0 Å². The van der Waals surface area contributed by atoms with Crippen molar-refractivity contribution in [3.63, 3.8) is 0 Å². The second-order valence-corrected chi connectivity index (χ2v) is 18.9. The van der Waals surface area contributed by atoms with Gasteiger partial charge in [0.1, 0.15) is 0 Å². The molecular formula is C58H57I. The molecule has 2 unspecified atom stereocenters. The van der Waals surface area contributed by atoms with Crippen molar-refractivity contribution in [1.29, 1.82) is 0 Å². The van der Waals surface area contributed by atoms with Crippen LogP contribution in [0.15, 0.2) is 152 Å². The molecule has 0 aromatic heterocycles. The Kier molecular flexibility index (Phi) is 12.4. The van der Waals surface area contributed by atoms with E-state index in [1.54, 1.807) is 0 Å². The summed E-state index contributed by atoms with van der Waals surface area (Å²) in [6, 6.07) is 55.9. The van der Waals surface area contributed by atoms with Gasteiger partial charge in [0, 0.05) is 3.92 Å². The van der Waals surface area contributed by atoms with E-state index in [9.17, 15) is 0 Å². The first-order valence-corrected chi connectivity index (χ1v) is 24.5. The predicted molar refractivity (Wildman–Crippen MR) is 271 cm³/mol. The molecule has 0 bridgehead atoms. The number of rotatable bonds is 14. The van der Waals surface area contributed by atoms with E-state index in [1.165, 1.54) is 124 Å². The second-order valence-electron chi connectivity index (χ2n) is 16.5. The van der Waals surface area contributed by atoms with Gasteiger partial charge in [-0.25, -0.2) is 0 Å². The molecule has 8 aromatic carbocycles. The standard InChI is InChI=1S/C58H57I/c1-8-17-39(5)41-28-30-45(31-29-41)54-48-34-32-46(40(6)18-9-2)36-50(48)55(42-20-13-11-14-21-42)57-53(44-26-24-38(4)25-27-44)49-35-33-47(52(59-7)19-10-3)37-51(49)56(58(54)57)43-22-15-12-16-23-43/h11-16,20-37,39,52H,6-10,17-19H2,1-5H3. The van der Waals surface area contributed by atoms with Crippen molar-refractivity contribution in [3.8, 4) is 44.5 Å². The van der Waals surface area contributed by atoms with Crippen LogP contribution in [0, 0.1) is 6.92 Å². The van der Waals surface area contributed by atoms with Crippen molar-refractivity contribution >= 4 is 63.1 Å². The van der Waals surface area contributed by atoms with Gasteiger partial charge in [0.2, 0.25) is 0 Å². The van der Waals surface area contributed by atoms with E-state index < -0.39 is 0 Å². The molecule has 0 aliphatic heterocycles. The monoisotopic (exact) mass is 880 g/mol. The second kappa shape index (κ2) is 18.0. The zero-order valence-electron chi connectivity index (χ0n) is 35.5. The molecule has 0 radical (unpaired) electrons. The molecule has 0 aliphatic carbocycles. The van der Waals surface area contributed by atoms with E-state index >= 15 is 0 Å². The molecule has 8 aromatic rings. The highest BCUT2D eigenvalue weighted by Gasteiger charge is 2.27. The SMILES string of the molecule is C=IC(CCC)c1ccc2c(-c3ccc(C)cc3)c3c(-c4ccccc4)c4cc(C(=C)CCC)ccc4c(-c4ccc(C(C)CCC)cc4)c3c(-c3ccccc3)c2c1. The fourth-order valence-corrected chi connectivity index (χ4v) is 11.4. The first kappa shape index (κ1) is 40.7. The molecular weight excluding hydrogens is 824 g/mol. The molecule has 0 heterocycles.